The molecule has 1 unspecified atom stereocenters. The van der Waals surface area contributed by atoms with Crippen molar-refractivity contribution in [3.63, 3.8) is 0 Å². The van der Waals surface area contributed by atoms with E-state index >= 15 is 0 Å². The topological polar surface area (TPSA) is 87.3 Å². The van der Waals surface area contributed by atoms with E-state index < -0.39 is 5.91 Å². The first kappa shape index (κ1) is 18.7. The minimum Gasteiger partial charge on any atom is -0.352 e. The Morgan fingerprint density at radius 1 is 1.04 bits per heavy atom. The first-order valence-electron chi connectivity index (χ1n) is 7.64. The van der Waals surface area contributed by atoms with Crippen LogP contribution in [0, 0.1) is 13.8 Å². The lowest BCUT2D eigenvalue weighted by molar-refractivity contribution is -0.127. The largest absolute Gasteiger partial charge is 0.352 e. The average molecular weight is 319 g/mol. The number of benzene rings is 1. The van der Waals surface area contributed by atoms with Gasteiger partial charge in [-0.15, -0.1) is 0 Å². The molecule has 1 aromatic rings. The van der Waals surface area contributed by atoms with E-state index in [4.69, 9.17) is 0 Å². The fraction of sp³-hybridized carbons (Fsp3) is 0.471. The monoisotopic (exact) mass is 319 g/mol. The number of nitrogens with one attached hydrogen (secondary N) is 3. The highest BCUT2D eigenvalue weighted by molar-refractivity contribution is 5.87. The van der Waals surface area contributed by atoms with E-state index in [1.807, 2.05) is 13.8 Å². The molecular formula is C17H25N3O3. The van der Waals surface area contributed by atoms with Gasteiger partial charge in [0.2, 0.25) is 17.7 Å². The summed E-state index contributed by atoms with van der Waals surface area (Å²) in [6.07, 6.45) is 0.734. The highest BCUT2D eigenvalue weighted by Crippen LogP contribution is 2.12. The maximum atomic E-state index is 11.8. The molecule has 3 amide bonds. The molecule has 0 radical (unpaired) electrons. The first-order chi connectivity index (χ1) is 10.8. The SMILES string of the molecule is CC(=O)NCC(=O)NCC(=O)NC(C)Cc1ccc(C)cc1C. The summed E-state index contributed by atoms with van der Waals surface area (Å²) < 4.78 is 0. The Hall–Kier alpha value is -2.37. The maximum absolute atomic E-state index is 11.8. The molecule has 0 aliphatic carbocycles. The number of carbonyl (C=O) groups excluding carboxylic acids is 3. The van der Waals surface area contributed by atoms with Gasteiger partial charge < -0.3 is 16.0 Å². The standard InChI is InChI=1S/C17H25N3O3/c1-11-5-6-15(12(2)7-11)8-13(3)20-17(23)10-19-16(22)9-18-14(4)21/h5-7,13H,8-10H2,1-4H3,(H,18,21)(H,19,22)(H,20,23). The van der Waals surface area contributed by atoms with Crippen LogP contribution in [0.4, 0.5) is 0 Å². The lowest BCUT2D eigenvalue weighted by Crippen LogP contribution is -2.44. The molecule has 126 valence electrons. The maximum Gasteiger partial charge on any atom is 0.239 e. The molecule has 1 aromatic carbocycles. The number of carbonyl (C=O) groups is 3. The van der Waals surface area contributed by atoms with E-state index in [1.54, 1.807) is 0 Å². The number of rotatable bonds is 7. The van der Waals surface area contributed by atoms with Gasteiger partial charge in [-0.05, 0) is 38.3 Å². The van der Waals surface area contributed by atoms with Gasteiger partial charge in [-0.25, -0.2) is 0 Å². The minimum atomic E-state index is -0.391. The number of hydrogen-bond donors (Lipinski definition) is 3. The van der Waals surface area contributed by atoms with Gasteiger partial charge in [-0.3, -0.25) is 14.4 Å². The molecular weight excluding hydrogens is 294 g/mol. The molecule has 6 nitrogen and oxygen atoms in total. The molecule has 6 heteroatoms. The number of amides is 3. The molecule has 0 heterocycles. The molecule has 0 aliphatic rings. The zero-order valence-electron chi connectivity index (χ0n) is 14.2. The average Bonchev–Trinajstić information content (AvgIpc) is 2.46. The van der Waals surface area contributed by atoms with Crippen molar-refractivity contribution in [2.45, 2.75) is 40.2 Å². The third kappa shape index (κ3) is 7.44. The molecule has 0 spiro atoms. The fourth-order valence-electron chi connectivity index (χ4n) is 2.23. The molecule has 0 fully saturated rings. The van der Waals surface area contributed by atoms with Crippen molar-refractivity contribution in [1.82, 2.24) is 16.0 Å². The van der Waals surface area contributed by atoms with Crippen LogP contribution < -0.4 is 16.0 Å². The number of aryl methyl sites for hydroxylation is 2. The van der Waals surface area contributed by atoms with Crippen LogP contribution in [0.3, 0.4) is 0 Å². The fourth-order valence-corrected chi connectivity index (χ4v) is 2.23. The molecule has 1 rings (SSSR count). The second-order valence-corrected chi connectivity index (χ2v) is 5.79. The predicted molar refractivity (Wildman–Crippen MR) is 88.9 cm³/mol. The molecule has 23 heavy (non-hydrogen) atoms. The quantitative estimate of drug-likeness (QED) is 0.688. The van der Waals surface area contributed by atoms with Crippen LogP contribution in [0.2, 0.25) is 0 Å². The molecule has 0 aliphatic heterocycles. The van der Waals surface area contributed by atoms with E-state index in [0.717, 1.165) is 6.42 Å². The summed E-state index contributed by atoms with van der Waals surface area (Å²) >= 11 is 0. The van der Waals surface area contributed by atoms with Gasteiger partial charge in [0.1, 0.15) is 0 Å². The highest BCUT2D eigenvalue weighted by Gasteiger charge is 2.11. The Morgan fingerprint density at radius 3 is 2.30 bits per heavy atom. The summed E-state index contributed by atoms with van der Waals surface area (Å²) in [5.41, 5.74) is 3.61. The van der Waals surface area contributed by atoms with Crippen molar-refractivity contribution < 1.29 is 14.4 Å². The van der Waals surface area contributed by atoms with Gasteiger partial charge in [-0.1, -0.05) is 23.8 Å². The van der Waals surface area contributed by atoms with Crippen molar-refractivity contribution in [1.29, 1.82) is 0 Å². The summed E-state index contributed by atoms with van der Waals surface area (Å²) in [4.78, 5) is 33.9. The molecule has 0 saturated heterocycles. The first-order valence-corrected chi connectivity index (χ1v) is 7.64. The van der Waals surface area contributed by atoms with Crippen molar-refractivity contribution in [2.24, 2.45) is 0 Å². The zero-order chi connectivity index (χ0) is 17.4. The summed E-state index contributed by atoms with van der Waals surface area (Å²) in [5, 5.41) is 7.68. The van der Waals surface area contributed by atoms with Gasteiger partial charge in [0.05, 0.1) is 13.1 Å². The van der Waals surface area contributed by atoms with Crippen LogP contribution >= 0.6 is 0 Å². The van der Waals surface area contributed by atoms with E-state index in [9.17, 15) is 14.4 Å². The molecule has 3 N–H and O–H groups in total. The van der Waals surface area contributed by atoms with E-state index in [-0.39, 0.29) is 30.9 Å². The normalized spacial score (nSPS) is 11.5. The predicted octanol–water partition coefficient (Wildman–Crippen LogP) is 0.603. The Kier molecular flexibility index (Phi) is 7.25. The summed E-state index contributed by atoms with van der Waals surface area (Å²) in [5.74, 6) is -0.928. The van der Waals surface area contributed by atoms with Crippen LogP contribution in [0.1, 0.15) is 30.5 Å². The lowest BCUT2D eigenvalue weighted by atomic mass is 10.00. The molecule has 0 saturated carbocycles. The smallest absolute Gasteiger partial charge is 0.239 e. The lowest BCUT2D eigenvalue weighted by Gasteiger charge is -2.16. The Morgan fingerprint density at radius 2 is 1.70 bits per heavy atom. The van der Waals surface area contributed by atoms with Crippen LogP contribution in [0.25, 0.3) is 0 Å². The molecule has 1 atom stereocenters. The van der Waals surface area contributed by atoms with E-state index in [0.29, 0.717) is 0 Å². The van der Waals surface area contributed by atoms with Gasteiger partial charge in [-0.2, -0.15) is 0 Å². The Bertz CT molecular complexity index is 584. The van der Waals surface area contributed by atoms with Gasteiger partial charge in [0.25, 0.3) is 0 Å². The second kappa shape index (κ2) is 8.92. The van der Waals surface area contributed by atoms with Crippen LogP contribution in [-0.4, -0.2) is 36.9 Å². The minimum absolute atomic E-state index is 0.0313. The van der Waals surface area contributed by atoms with Crippen LogP contribution in [0.15, 0.2) is 18.2 Å². The van der Waals surface area contributed by atoms with Crippen molar-refractivity contribution in [3.05, 3.63) is 34.9 Å². The third-order valence-corrected chi connectivity index (χ3v) is 3.38. The summed E-state index contributed by atoms with van der Waals surface area (Å²) in [7, 11) is 0. The van der Waals surface area contributed by atoms with Crippen LogP contribution in [-0.2, 0) is 20.8 Å². The van der Waals surface area contributed by atoms with Crippen LogP contribution in [0.5, 0.6) is 0 Å². The van der Waals surface area contributed by atoms with Crippen molar-refractivity contribution in [3.8, 4) is 0 Å². The van der Waals surface area contributed by atoms with Gasteiger partial charge >= 0.3 is 0 Å². The Balaban J connectivity index is 2.36. The summed E-state index contributed by atoms with van der Waals surface area (Å²) in [6, 6.07) is 6.21. The van der Waals surface area contributed by atoms with Crippen molar-refractivity contribution >= 4 is 17.7 Å². The van der Waals surface area contributed by atoms with Gasteiger partial charge in [0, 0.05) is 13.0 Å². The second-order valence-electron chi connectivity index (χ2n) is 5.79. The van der Waals surface area contributed by atoms with E-state index in [1.165, 1.54) is 23.6 Å². The van der Waals surface area contributed by atoms with E-state index in [2.05, 4.69) is 41.1 Å². The summed E-state index contributed by atoms with van der Waals surface area (Å²) in [6.45, 7) is 7.13. The number of hydrogen-bond acceptors (Lipinski definition) is 3. The zero-order valence-corrected chi connectivity index (χ0v) is 14.2. The third-order valence-electron chi connectivity index (χ3n) is 3.38. The van der Waals surface area contributed by atoms with Crippen molar-refractivity contribution in [2.75, 3.05) is 13.1 Å². The van der Waals surface area contributed by atoms with Gasteiger partial charge in [0.15, 0.2) is 0 Å². The molecule has 0 bridgehead atoms. The molecule has 0 aromatic heterocycles. The Labute approximate surface area is 137 Å². The highest BCUT2D eigenvalue weighted by atomic mass is 16.2.